The van der Waals surface area contributed by atoms with Gasteiger partial charge in [-0.15, -0.1) is 0 Å². The maximum atomic E-state index is 12.6. The van der Waals surface area contributed by atoms with Crippen LogP contribution in [0.3, 0.4) is 0 Å². The highest BCUT2D eigenvalue weighted by atomic mass is 16.3. The molecule has 2 heterocycles. The molecule has 0 unspecified atom stereocenters. The van der Waals surface area contributed by atoms with Gasteiger partial charge in [-0.2, -0.15) is 5.10 Å². The van der Waals surface area contributed by atoms with Crippen molar-refractivity contribution >= 4 is 17.0 Å². The van der Waals surface area contributed by atoms with Crippen LogP contribution in [0.4, 0.5) is 0 Å². The number of nitrogens with one attached hydrogen (secondary N) is 1. The molecule has 0 saturated heterocycles. The summed E-state index contributed by atoms with van der Waals surface area (Å²) in [4.78, 5) is 16.9. The standard InChI is InChI=1S/C16H16N4O3/c1-9-18-14-10(4-2-5-13(14)23-9)16(22)19-11-8-12(21)15(11)20-7-3-6-17-20/h2-7,11-12,15,21H,8H2,1H3,(H,19,22)/t11-,12+,15+/m0/s1. The number of aromatic nitrogens is 3. The second-order valence-corrected chi connectivity index (χ2v) is 5.74. The van der Waals surface area contributed by atoms with Crippen LogP contribution in [0, 0.1) is 6.92 Å². The summed E-state index contributed by atoms with van der Waals surface area (Å²) < 4.78 is 7.14. The molecular formula is C16H16N4O3. The summed E-state index contributed by atoms with van der Waals surface area (Å²) in [5.74, 6) is 0.298. The van der Waals surface area contributed by atoms with Crippen LogP contribution in [0.5, 0.6) is 0 Å². The third-order valence-electron chi connectivity index (χ3n) is 4.22. The zero-order valence-corrected chi connectivity index (χ0v) is 12.5. The molecule has 1 aromatic carbocycles. The first kappa shape index (κ1) is 14.0. The molecule has 1 amide bonds. The number of aliphatic hydroxyl groups excluding tert-OH is 1. The number of oxazole rings is 1. The fraction of sp³-hybridized carbons (Fsp3) is 0.312. The van der Waals surface area contributed by atoms with Gasteiger partial charge < -0.3 is 14.8 Å². The first-order chi connectivity index (χ1) is 11.1. The van der Waals surface area contributed by atoms with Crippen molar-refractivity contribution in [1.29, 1.82) is 0 Å². The van der Waals surface area contributed by atoms with Crippen LogP contribution in [0.2, 0.25) is 0 Å². The summed E-state index contributed by atoms with van der Waals surface area (Å²) in [6, 6.07) is 6.65. The Morgan fingerprint density at radius 1 is 1.43 bits per heavy atom. The second-order valence-electron chi connectivity index (χ2n) is 5.74. The highest BCUT2D eigenvalue weighted by Gasteiger charge is 2.42. The number of benzene rings is 1. The molecule has 2 N–H and O–H groups in total. The van der Waals surface area contributed by atoms with Crippen LogP contribution >= 0.6 is 0 Å². The Hall–Kier alpha value is -2.67. The van der Waals surface area contributed by atoms with E-state index in [1.54, 1.807) is 48.3 Å². The molecule has 0 spiro atoms. The molecule has 3 atom stereocenters. The lowest BCUT2D eigenvalue weighted by Crippen LogP contribution is -2.56. The Morgan fingerprint density at radius 3 is 3.04 bits per heavy atom. The predicted molar refractivity (Wildman–Crippen MR) is 81.9 cm³/mol. The van der Waals surface area contributed by atoms with Crippen LogP contribution < -0.4 is 5.32 Å². The van der Waals surface area contributed by atoms with Crippen molar-refractivity contribution in [1.82, 2.24) is 20.1 Å². The van der Waals surface area contributed by atoms with Crippen LogP contribution in [0.25, 0.3) is 11.1 Å². The van der Waals surface area contributed by atoms with E-state index in [0.717, 1.165) is 0 Å². The third kappa shape index (κ3) is 2.29. The lowest BCUT2D eigenvalue weighted by atomic mass is 9.83. The van der Waals surface area contributed by atoms with E-state index in [9.17, 15) is 9.90 Å². The molecule has 23 heavy (non-hydrogen) atoms. The predicted octanol–water partition coefficient (Wildman–Crippen LogP) is 1.44. The summed E-state index contributed by atoms with van der Waals surface area (Å²) >= 11 is 0. The number of hydrogen-bond donors (Lipinski definition) is 2. The number of nitrogens with zero attached hydrogens (tertiary/aromatic N) is 3. The molecule has 118 valence electrons. The van der Waals surface area contributed by atoms with Crippen molar-refractivity contribution < 1.29 is 14.3 Å². The SMILES string of the molecule is Cc1nc2c(C(=O)N[C@H]3C[C@@H](O)[C@@H]3n3cccn3)cccc2o1. The minimum Gasteiger partial charge on any atom is -0.441 e. The molecule has 7 heteroatoms. The van der Waals surface area contributed by atoms with Crippen molar-refractivity contribution in [2.45, 2.75) is 31.5 Å². The topological polar surface area (TPSA) is 93.2 Å². The van der Waals surface area contributed by atoms with Crippen molar-refractivity contribution in [3.05, 3.63) is 48.1 Å². The Kier molecular flexibility index (Phi) is 3.16. The average Bonchev–Trinajstić information content (AvgIpc) is 3.14. The molecule has 7 nitrogen and oxygen atoms in total. The highest BCUT2D eigenvalue weighted by Crippen LogP contribution is 2.32. The summed E-state index contributed by atoms with van der Waals surface area (Å²) in [7, 11) is 0. The van der Waals surface area contributed by atoms with Gasteiger partial charge in [0.2, 0.25) is 0 Å². The van der Waals surface area contributed by atoms with Crippen LogP contribution in [-0.4, -0.2) is 37.9 Å². The molecule has 1 fully saturated rings. The normalized spacial score (nSPS) is 23.7. The van der Waals surface area contributed by atoms with E-state index < -0.39 is 6.10 Å². The van der Waals surface area contributed by atoms with Gasteiger partial charge in [0.05, 0.1) is 23.8 Å². The number of amides is 1. The zero-order chi connectivity index (χ0) is 16.0. The van der Waals surface area contributed by atoms with Gasteiger partial charge in [-0.25, -0.2) is 4.98 Å². The van der Waals surface area contributed by atoms with Gasteiger partial charge in [0, 0.05) is 19.3 Å². The average molecular weight is 312 g/mol. The molecule has 3 aromatic rings. The van der Waals surface area contributed by atoms with Crippen LogP contribution in [0.1, 0.15) is 28.7 Å². The van der Waals surface area contributed by atoms with Crippen LogP contribution in [0.15, 0.2) is 41.1 Å². The molecule has 4 rings (SSSR count). The Balaban J connectivity index is 1.58. The molecule has 0 aliphatic heterocycles. The number of hydrogen-bond acceptors (Lipinski definition) is 5. The molecule has 1 saturated carbocycles. The molecule has 0 radical (unpaired) electrons. The number of para-hydroxylation sites is 1. The summed E-state index contributed by atoms with van der Waals surface area (Å²) in [5.41, 5.74) is 1.62. The minimum atomic E-state index is -0.509. The van der Waals surface area contributed by atoms with E-state index >= 15 is 0 Å². The van der Waals surface area contributed by atoms with E-state index in [2.05, 4.69) is 15.4 Å². The highest BCUT2D eigenvalue weighted by molar-refractivity contribution is 6.04. The number of carbonyl (C=O) groups excluding carboxylic acids is 1. The quantitative estimate of drug-likeness (QED) is 0.763. The number of aliphatic hydroxyl groups is 1. The Bertz CT molecular complexity index is 855. The van der Waals surface area contributed by atoms with Gasteiger partial charge in [0.1, 0.15) is 5.52 Å². The lowest BCUT2D eigenvalue weighted by Gasteiger charge is -2.41. The maximum Gasteiger partial charge on any atom is 0.253 e. The maximum absolute atomic E-state index is 12.6. The molecule has 2 aromatic heterocycles. The first-order valence-corrected chi connectivity index (χ1v) is 7.47. The van der Waals surface area contributed by atoms with Crippen molar-refractivity contribution in [2.24, 2.45) is 0 Å². The van der Waals surface area contributed by atoms with Gasteiger partial charge in [0.25, 0.3) is 5.91 Å². The van der Waals surface area contributed by atoms with Crippen molar-refractivity contribution in [2.75, 3.05) is 0 Å². The summed E-state index contributed by atoms with van der Waals surface area (Å²) in [5, 5.41) is 17.1. The van der Waals surface area contributed by atoms with E-state index in [-0.39, 0.29) is 18.0 Å². The summed E-state index contributed by atoms with van der Waals surface area (Å²) in [6.07, 6.45) is 3.44. The van der Waals surface area contributed by atoms with Crippen molar-refractivity contribution in [3.63, 3.8) is 0 Å². The van der Waals surface area contributed by atoms with E-state index in [1.807, 2.05) is 0 Å². The van der Waals surface area contributed by atoms with Crippen LogP contribution in [-0.2, 0) is 0 Å². The van der Waals surface area contributed by atoms with E-state index in [4.69, 9.17) is 4.42 Å². The minimum absolute atomic E-state index is 0.166. The fourth-order valence-corrected chi connectivity index (χ4v) is 3.06. The molecule has 1 aliphatic carbocycles. The van der Waals surface area contributed by atoms with Gasteiger partial charge in [-0.05, 0) is 24.6 Å². The molecule has 0 bridgehead atoms. The van der Waals surface area contributed by atoms with Crippen molar-refractivity contribution in [3.8, 4) is 0 Å². The summed E-state index contributed by atoms with van der Waals surface area (Å²) in [6.45, 7) is 1.75. The second kappa shape index (κ2) is 5.20. The number of fused-ring (bicyclic) bond motifs is 1. The monoisotopic (exact) mass is 312 g/mol. The van der Waals surface area contributed by atoms with Gasteiger partial charge >= 0.3 is 0 Å². The zero-order valence-electron chi connectivity index (χ0n) is 12.5. The lowest BCUT2D eigenvalue weighted by molar-refractivity contribution is -0.00586. The van der Waals surface area contributed by atoms with Gasteiger partial charge in [-0.1, -0.05) is 6.07 Å². The number of aryl methyl sites for hydroxylation is 1. The number of rotatable bonds is 3. The first-order valence-electron chi connectivity index (χ1n) is 7.47. The van der Waals surface area contributed by atoms with E-state index in [1.165, 1.54) is 0 Å². The Morgan fingerprint density at radius 2 is 2.30 bits per heavy atom. The fourth-order valence-electron chi connectivity index (χ4n) is 3.06. The molecular weight excluding hydrogens is 296 g/mol. The van der Waals surface area contributed by atoms with E-state index in [0.29, 0.717) is 29.0 Å². The Labute approximate surface area is 131 Å². The van der Waals surface area contributed by atoms with Gasteiger partial charge in [-0.3, -0.25) is 9.48 Å². The third-order valence-corrected chi connectivity index (χ3v) is 4.22. The smallest absolute Gasteiger partial charge is 0.253 e. The molecule has 1 aliphatic rings. The van der Waals surface area contributed by atoms with Gasteiger partial charge in [0.15, 0.2) is 11.5 Å². The number of carbonyl (C=O) groups is 1. The largest absolute Gasteiger partial charge is 0.441 e.